The lowest BCUT2D eigenvalue weighted by Gasteiger charge is -1.96. The molecule has 0 amide bonds. The highest BCUT2D eigenvalue weighted by Crippen LogP contribution is 2.16. The predicted octanol–water partition coefficient (Wildman–Crippen LogP) is 1.39. The molecule has 0 aliphatic carbocycles. The number of rotatable bonds is 5. The second-order valence-corrected chi connectivity index (χ2v) is 3.99. The molecule has 2 N–H and O–H groups in total. The largest absolute Gasteiger partial charge is 0.476 e. The van der Waals surface area contributed by atoms with E-state index < -0.39 is 5.97 Å². The molecule has 0 radical (unpaired) electrons. The topological polar surface area (TPSA) is 96.2 Å². The highest BCUT2D eigenvalue weighted by molar-refractivity contribution is 7.14. The fraction of sp³-hybridized carbons (Fsp3) is 0.333. The molecular formula is C9H12N4O3S. The van der Waals surface area contributed by atoms with E-state index in [0.29, 0.717) is 5.13 Å². The Morgan fingerprint density at radius 3 is 2.82 bits per heavy atom. The second kappa shape index (κ2) is 5.94. The molecule has 0 aliphatic heterocycles. The van der Waals surface area contributed by atoms with Crippen molar-refractivity contribution in [2.24, 2.45) is 10.3 Å². The molecule has 92 valence electrons. The second-order valence-electron chi connectivity index (χ2n) is 3.14. The van der Waals surface area contributed by atoms with Crippen molar-refractivity contribution in [2.75, 3.05) is 12.5 Å². The standard InChI is InChI=1S/C9H12N4O3S/c1-5(2)11-12-9-10-6(4-17-9)7(8(14)15)13-16-3/h4H,1-3H3,(H,10,12)(H,14,15)/b13-7-. The van der Waals surface area contributed by atoms with Crippen LogP contribution in [-0.4, -0.2) is 34.6 Å². The molecule has 0 saturated carbocycles. The van der Waals surface area contributed by atoms with Crippen LogP contribution in [0.2, 0.25) is 0 Å². The monoisotopic (exact) mass is 256 g/mol. The molecule has 0 saturated heterocycles. The van der Waals surface area contributed by atoms with E-state index in [9.17, 15) is 4.79 Å². The lowest BCUT2D eigenvalue weighted by Crippen LogP contribution is -2.15. The Morgan fingerprint density at radius 1 is 1.59 bits per heavy atom. The van der Waals surface area contributed by atoms with Crippen molar-refractivity contribution in [2.45, 2.75) is 13.8 Å². The number of carbonyl (C=O) groups is 1. The third kappa shape index (κ3) is 3.83. The van der Waals surface area contributed by atoms with Crippen molar-refractivity contribution in [3.63, 3.8) is 0 Å². The maximum atomic E-state index is 10.9. The summed E-state index contributed by atoms with van der Waals surface area (Å²) in [5.41, 5.74) is 3.54. The van der Waals surface area contributed by atoms with Gasteiger partial charge in [-0.25, -0.2) is 9.78 Å². The van der Waals surface area contributed by atoms with E-state index in [1.807, 2.05) is 13.8 Å². The number of carboxylic acids is 1. The van der Waals surface area contributed by atoms with Gasteiger partial charge < -0.3 is 9.94 Å². The van der Waals surface area contributed by atoms with Crippen LogP contribution < -0.4 is 5.43 Å². The van der Waals surface area contributed by atoms with E-state index >= 15 is 0 Å². The average molecular weight is 256 g/mol. The van der Waals surface area contributed by atoms with Crippen molar-refractivity contribution < 1.29 is 14.7 Å². The molecule has 17 heavy (non-hydrogen) atoms. The van der Waals surface area contributed by atoms with E-state index in [4.69, 9.17) is 5.11 Å². The zero-order chi connectivity index (χ0) is 12.8. The molecule has 1 aromatic rings. The third-order valence-electron chi connectivity index (χ3n) is 1.51. The molecule has 1 heterocycles. The highest BCUT2D eigenvalue weighted by atomic mass is 32.1. The van der Waals surface area contributed by atoms with Crippen LogP contribution in [0.15, 0.2) is 15.6 Å². The highest BCUT2D eigenvalue weighted by Gasteiger charge is 2.17. The van der Waals surface area contributed by atoms with Crippen LogP contribution in [0.25, 0.3) is 0 Å². The van der Waals surface area contributed by atoms with Gasteiger partial charge in [-0.3, -0.25) is 5.43 Å². The van der Waals surface area contributed by atoms with Gasteiger partial charge in [-0.1, -0.05) is 5.16 Å². The maximum absolute atomic E-state index is 10.9. The maximum Gasteiger partial charge on any atom is 0.360 e. The minimum atomic E-state index is -1.20. The fourth-order valence-corrected chi connectivity index (χ4v) is 1.52. The Labute approximate surface area is 102 Å². The van der Waals surface area contributed by atoms with E-state index in [1.165, 1.54) is 18.4 Å². The smallest absolute Gasteiger partial charge is 0.360 e. The van der Waals surface area contributed by atoms with Gasteiger partial charge in [0, 0.05) is 11.1 Å². The van der Waals surface area contributed by atoms with Gasteiger partial charge in [-0.2, -0.15) is 5.10 Å². The molecule has 7 nitrogen and oxygen atoms in total. The van der Waals surface area contributed by atoms with E-state index in [1.54, 1.807) is 5.38 Å². The first-order valence-corrected chi connectivity index (χ1v) is 5.49. The third-order valence-corrected chi connectivity index (χ3v) is 2.25. The lowest BCUT2D eigenvalue weighted by atomic mass is 10.3. The number of hydrazone groups is 1. The van der Waals surface area contributed by atoms with Crippen LogP contribution >= 0.6 is 11.3 Å². The van der Waals surface area contributed by atoms with E-state index in [0.717, 1.165) is 5.71 Å². The average Bonchev–Trinajstić information content (AvgIpc) is 2.71. The first kappa shape index (κ1) is 13.1. The van der Waals surface area contributed by atoms with Crippen molar-refractivity contribution in [1.82, 2.24) is 4.98 Å². The van der Waals surface area contributed by atoms with E-state index in [-0.39, 0.29) is 11.4 Å². The van der Waals surface area contributed by atoms with Crippen LogP contribution in [-0.2, 0) is 9.63 Å². The Balaban J connectivity index is 2.89. The SMILES string of the molecule is CO/N=C(\C(=O)O)c1csc(NN=C(C)C)n1. The van der Waals surface area contributed by atoms with Crippen LogP contribution in [0.3, 0.4) is 0 Å². The summed E-state index contributed by atoms with van der Waals surface area (Å²) in [6, 6.07) is 0. The number of nitrogens with one attached hydrogen (secondary N) is 1. The van der Waals surface area contributed by atoms with Gasteiger partial charge in [0.2, 0.25) is 10.8 Å². The summed E-state index contributed by atoms with van der Waals surface area (Å²) in [6.45, 7) is 3.66. The molecule has 0 fully saturated rings. The van der Waals surface area contributed by atoms with Gasteiger partial charge >= 0.3 is 5.97 Å². The first-order chi connectivity index (χ1) is 8.04. The van der Waals surface area contributed by atoms with Crippen LogP contribution in [0.4, 0.5) is 5.13 Å². The Bertz CT molecular complexity index is 463. The molecule has 0 aliphatic rings. The van der Waals surface area contributed by atoms with Crippen LogP contribution in [0.5, 0.6) is 0 Å². The number of aromatic nitrogens is 1. The number of hydrogen-bond donors (Lipinski definition) is 2. The van der Waals surface area contributed by atoms with Crippen molar-refractivity contribution in [1.29, 1.82) is 0 Å². The molecule has 8 heteroatoms. The summed E-state index contributed by atoms with van der Waals surface area (Å²) in [6.07, 6.45) is 0. The molecule has 0 spiro atoms. The molecule has 0 atom stereocenters. The number of carboxylic acid groups (broad SMARTS) is 1. The Hall–Kier alpha value is -1.96. The predicted molar refractivity (Wildman–Crippen MR) is 65.7 cm³/mol. The van der Waals surface area contributed by atoms with Gasteiger partial charge in [-0.05, 0) is 13.8 Å². The van der Waals surface area contributed by atoms with Crippen LogP contribution in [0, 0.1) is 0 Å². The summed E-state index contributed by atoms with van der Waals surface area (Å²) < 4.78 is 0. The molecule has 0 bridgehead atoms. The van der Waals surface area contributed by atoms with Gasteiger partial charge in [0.15, 0.2) is 0 Å². The quantitative estimate of drug-likeness (QED) is 0.613. The minimum Gasteiger partial charge on any atom is -0.476 e. The van der Waals surface area contributed by atoms with Crippen LogP contribution in [0.1, 0.15) is 19.5 Å². The summed E-state index contributed by atoms with van der Waals surface area (Å²) in [5, 5.41) is 18.3. The van der Waals surface area contributed by atoms with Gasteiger partial charge in [-0.15, -0.1) is 11.3 Å². The molecular weight excluding hydrogens is 244 g/mol. The lowest BCUT2D eigenvalue weighted by molar-refractivity contribution is -0.129. The van der Waals surface area contributed by atoms with E-state index in [2.05, 4.69) is 25.5 Å². The number of anilines is 1. The summed E-state index contributed by atoms with van der Waals surface area (Å²) in [7, 11) is 1.28. The zero-order valence-corrected chi connectivity index (χ0v) is 10.4. The fourth-order valence-electron chi connectivity index (χ4n) is 0.880. The summed E-state index contributed by atoms with van der Waals surface area (Å²) in [4.78, 5) is 19.4. The number of thiazole rings is 1. The van der Waals surface area contributed by atoms with Crippen molar-refractivity contribution in [3.05, 3.63) is 11.1 Å². The zero-order valence-electron chi connectivity index (χ0n) is 9.59. The minimum absolute atomic E-state index is 0.232. The normalized spacial score (nSPS) is 10.9. The number of aliphatic carboxylic acids is 1. The Kier molecular flexibility index (Phi) is 4.58. The van der Waals surface area contributed by atoms with Gasteiger partial charge in [0.25, 0.3) is 0 Å². The van der Waals surface area contributed by atoms with Gasteiger partial charge in [0.1, 0.15) is 12.8 Å². The molecule has 1 aromatic heterocycles. The Morgan fingerprint density at radius 2 is 2.29 bits per heavy atom. The number of hydrogen-bond acceptors (Lipinski definition) is 7. The number of oxime groups is 1. The molecule has 1 rings (SSSR count). The first-order valence-electron chi connectivity index (χ1n) is 4.62. The number of nitrogens with zero attached hydrogens (tertiary/aromatic N) is 3. The van der Waals surface area contributed by atoms with Crippen molar-refractivity contribution in [3.8, 4) is 0 Å². The van der Waals surface area contributed by atoms with Gasteiger partial charge in [0.05, 0.1) is 0 Å². The molecule has 0 unspecified atom stereocenters. The molecule has 0 aromatic carbocycles. The van der Waals surface area contributed by atoms with Crippen molar-refractivity contribution >= 4 is 33.9 Å². The summed E-state index contributed by atoms with van der Waals surface area (Å²) in [5.74, 6) is -1.20. The summed E-state index contributed by atoms with van der Waals surface area (Å²) >= 11 is 1.23.